The molecule has 1 aliphatic heterocycles. The monoisotopic (exact) mass is 431 g/mol. The number of nitriles is 1. The van der Waals surface area contributed by atoms with E-state index >= 15 is 0 Å². The number of benzene rings is 1. The first-order valence-corrected chi connectivity index (χ1v) is 10.9. The molecule has 0 spiro atoms. The molecule has 3 aromatic rings. The maximum atomic E-state index is 8.96. The zero-order valence-corrected chi connectivity index (χ0v) is 17.8. The summed E-state index contributed by atoms with van der Waals surface area (Å²) >= 11 is 0. The Morgan fingerprint density at radius 3 is 2.84 bits per heavy atom. The molecule has 0 radical (unpaired) electrons. The van der Waals surface area contributed by atoms with Gasteiger partial charge in [-0.25, -0.2) is 4.98 Å². The van der Waals surface area contributed by atoms with E-state index in [0.29, 0.717) is 25.5 Å². The summed E-state index contributed by atoms with van der Waals surface area (Å²) in [5.41, 5.74) is 6.71. The molecule has 1 saturated heterocycles. The molecule has 2 aliphatic rings. The first-order chi connectivity index (χ1) is 15.8. The smallest absolute Gasteiger partial charge is 0.140 e. The van der Waals surface area contributed by atoms with Crippen molar-refractivity contribution in [2.75, 3.05) is 52.7 Å². The van der Waals surface area contributed by atoms with Gasteiger partial charge < -0.3 is 14.2 Å². The van der Waals surface area contributed by atoms with Crippen molar-refractivity contribution in [3.8, 4) is 34.3 Å². The molecule has 0 amide bonds. The van der Waals surface area contributed by atoms with Gasteiger partial charge >= 0.3 is 0 Å². The molecule has 3 heterocycles. The van der Waals surface area contributed by atoms with Gasteiger partial charge in [0.1, 0.15) is 24.1 Å². The van der Waals surface area contributed by atoms with E-state index in [9.17, 15) is 0 Å². The quantitative estimate of drug-likeness (QED) is 0.429. The predicted octanol–water partition coefficient (Wildman–Crippen LogP) is 2.64. The van der Waals surface area contributed by atoms with Gasteiger partial charge in [0, 0.05) is 48.9 Å². The van der Waals surface area contributed by atoms with E-state index in [1.807, 2.05) is 18.2 Å². The molecule has 2 aromatic heterocycles. The first kappa shape index (κ1) is 20.6. The molecular weight excluding hydrogens is 406 g/mol. The van der Waals surface area contributed by atoms with Crippen LogP contribution in [0.25, 0.3) is 22.5 Å². The summed E-state index contributed by atoms with van der Waals surface area (Å²) in [4.78, 5) is 6.52. The SMILES string of the molecule is N#Cc1ccc(-c2n[nH]c3c2Cc2ccc(OCCOCCN4CCOCC4)cc2-3)cn1. The number of rotatable bonds is 8. The number of morpholine rings is 1. The van der Waals surface area contributed by atoms with Crippen LogP contribution in [0, 0.1) is 11.3 Å². The number of hydrogen-bond acceptors (Lipinski definition) is 7. The molecule has 0 atom stereocenters. The third-order valence-corrected chi connectivity index (χ3v) is 5.89. The number of H-pyrrole nitrogens is 1. The van der Waals surface area contributed by atoms with Gasteiger partial charge in [0.05, 0.1) is 37.8 Å². The van der Waals surface area contributed by atoms with E-state index in [-0.39, 0.29) is 0 Å². The van der Waals surface area contributed by atoms with Gasteiger partial charge in [0.25, 0.3) is 0 Å². The predicted molar refractivity (Wildman–Crippen MR) is 118 cm³/mol. The van der Waals surface area contributed by atoms with E-state index in [1.54, 1.807) is 12.3 Å². The van der Waals surface area contributed by atoms with Crippen LogP contribution in [0.4, 0.5) is 0 Å². The van der Waals surface area contributed by atoms with E-state index in [0.717, 1.165) is 73.1 Å². The Morgan fingerprint density at radius 2 is 2.03 bits per heavy atom. The second-order valence-electron chi connectivity index (χ2n) is 7.88. The summed E-state index contributed by atoms with van der Waals surface area (Å²) in [6.45, 7) is 6.30. The molecule has 1 aromatic carbocycles. The van der Waals surface area contributed by atoms with E-state index in [4.69, 9.17) is 19.5 Å². The molecule has 0 saturated carbocycles. The summed E-state index contributed by atoms with van der Waals surface area (Å²) in [5.74, 6) is 0.824. The van der Waals surface area contributed by atoms with Crippen LogP contribution < -0.4 is 4.74 Å². The van der Waals surface area contributed by atoms with Crippen LogP contribution in [-0.4, -0.2) is 72.7 Å². The molecule has 5 rings (SSSR count). The Morgan fingerprint density at radius 1 is 1.12 bits per heavy atom. The average molecular weight is 431 g/mol. The van der Waals surface area contributed by atoms with Crippen molar-refractivity contribution in [2.45, 2.75) is 6.42 Å². The van der Waals surface area contributed by atoms with Crippen molar-refractivity contribution in [1.82, 2.24) is 20.1 Å². The largest absolute Gasteiger partial charge is 0.491 e. The highest BCUT2D eigenvalue weighted by atomic mass is 16.5. The lowest BCUT2D eigenvalue weighted by Gasteiger charge is -2.26. The van der Waals surface area contributed by atoms with E-state index in [1.165, 1.54) is 5.56 Å². The minimum absolute atomic E-state index is 0.399. The first-order valence-electron chi connectivity index (χ1n) is 10.9. The Bertz CT molecular complexity index is 1110. The zero-order chi connectivity index (χ0) is 21.8. The van der Waals surface area contributed by atoms with Gasteiger partial charge in [-0.2, -0.15) is 10.4 Å². The third-order valence-electron chi connectivity index (χ3n) is 5.89. The van der Waals surface area contributed by atoms with Crippen LogP contribution in [0.3, 0.4) is 0 Å². The number of nitrogens with one attached hydrogen (secondary N) is 1. The fourth-order valence-corrected chi connectivity index (χ4v) is 4.16. The Hall–Kier alpha value is -3.25. The van der Waals surface area contributed by atoms with Crippen molar-refractivity contribution in [1.29, 1.82) is 5.26 Å². The second-order valence-corrected chi connectivity index (χ2v) is 7.88. The molecule has 0 bridgehead atoms. The number of fused-ring (bicyclic) bond motifs is 3. The van der Waals surface area contributed by atoms with Crippen molar-refractivity contribution in [3.63, 3.8) is 0 Å². The molecule has 164 valence electrons. The summed E-state index contributed by atoms with van der Waals surface area (Å²) < 4.78 is 17.0. The third kappa shape index (κ3) is 4.36. The van der Waals surface area contributed by atoms with Crippen molar-refractivity contribution >= 4 is 0 Å². The Labute approximate surface area is 186 Å². The van der Waals surface area contributed by atoms with Crippen LogP contribution in [0.15, 0.2) is 36.5 Å². The van der Waals surface area contributed by atoms with Crippen LogP contribution in [0.5, 0.6) is 5.75 Å². The number of ether oxygens (including phenoxy) is 3. The van der Waals surface area contributed by atoms with Crippen LogP contribution >= 0.6 is 0 Å². The van der Waals surface area contributed by atoms with Crippen LogP contribution in [-0.2, 0) is 15.9 Å². The van der Waals surface area contributed by atoms with Crippen LogP contribution in [0.1, 0.15) is 16.8 Å². The zero-order valence-electron chi connectivity index (χ0n) is 17.8. The fourth-order valence-electron chi connectivity index (χ4n) is 4.16. The molecule has 32 heavy (non-hydrogen) atoms. The summed E-state index contributed by atoms with van der Waals surface area (Å²) in [5, 5.41) is 16.6. The lowest BCUT2D eigenvalue weighted by atomic mass is 10.1. The standard InChI is InChI=1S/C24H25N5O3/c25-15-19-3-1-18(16-26-19)23-22-13-17-2-4-20(14-21(17)24(22)28-27-23)32-12-11-31-10-7-29-5-8-30-9-6-29/h1-4,14,16H,5-13H2,(H,27,28). The maximum Gasteiger partial charge on any atom is 0.140 e. The summed E-state index contributed by atoms with van der Waals surface area (Å²) in [7, 11) is 0. The lowest BCUT2D eigenvalue weighted by Crippen LogP contribution is -2.38. The highest BCUT2D eigenvalue weighted by Crippen LogP contribution is 2.41. The van der Waals surface area contributed by atoms with Crippen molar-refractivity contribution < 1.29 is 14.2 Å². The molecule has 1 N–H and O–H groups in total. The van der Waals surface area contributed by atoms with Crippen molar-refractivity contribution in [2.24, 2.45) is 0 Å². The second kappa shape index (κ2) is 9.49. The molecule has 8 heteroatoms. The van der Waals surface area contributed by atoms with Crippen LogP contribution in [0.2, 0.25) is 0 Å². The number of aromatic nitrogens is 3. The molecule has 8 nitrogen and oxygen atoms in total. The van der Waals surface area contributed by atoms with Gasteiger partial charge in [-0.15, -0.1) is 0 Å². The fraction of sp³-hybridized carbons (Fsp3) is 0.375. The highest BCUT2D eigenvalue weighted by molar-refractivity contribution is 5.81. The topological polar surface area (TPSA) is 96.3 Å². The van der Waals surface area contributed by atoms with Gasteiger partial charge in [0.15, 0.2) is 0 Å². The van der Waals surface area contributed by atoms with Crippen molar-refractivity contribution in [3.05, 3.63) is 53.3 Å². The normalized spacial score (nSPS) is 15.2. The molecule has 1 aliphatic carbocycles. The summed E-state index contributed by atoms with van der Waals surface area (Å²) in [6, 6.07) is 11.8. The highest BCUT2D eigenvalue weighted by Gasteiger charge is 2.25. The number of nitrogens with zero attached hydrogens (tertiary/aromatic N) is 4. The number of hydrogen-bond donors (Lipinski definition) is 1. The van der Waals surface area contributed by atoms with E-state index < -0.39 is 0 Å². The average Bonchev–Trinajstić information content (AvgIpc) is 3.41. The minimum Gasteiger partial charge on any atom is -0.491 e. The van der Waals surface area contributed by atoms with Gasteiger partial charge in [-0.1, -0.05) is 6.07 Å². The van der Waals surface area contributed by atoms with Gasteiger partial charge in [0.2, 0.25) is 0 Å². The van der Waals surface area contributed by atoms with Gasteiger partial charge in [-0.05, 0) is 29.8 Å². The molecule has 0 unspecified atom stereocenters. The van der Waals surface area contributed by atoms with E-state index in [2.05, 4.69) is 32.2 Å². The summed E-state index contributed by atoms with van der Waals surface area (Å²) in [6.07, 6.45) is 2.51. The minimum atomic E-state index is 0.399. The van der Waals surface area contributed by atoms with Gasteiger partial charge in [-0.3, -0.25) is 10.00 Å². The lowest BCUT2D eigenvalue weighted by molar-refractivity contribution is 0.0170. The molecule has 1 fully saturated rings. The Kier molecular flexibility index (Phi) is 6.12. The number of pyridine rings is 1. The Balaban J connectivity index is 1.17. The molecular formula is C24H25N5O3. The number of aromatic amines is 1. The maximum absolute atomic E-state index is 8.96.